The van der Waals surface area contributed by atoms with Gasteiger partial charge in [0.2, 0.25) is 0 Å². The van der Waals surface area contributed by atoms with Gasteiger partial charge >= 0.3 is 5.97 Å². The third kappa shape index (κ3) is 3.84. The smallest absolute Gasteiger partial charge is 0.317 e. The number of carbonyl (C=O) groups is 1. The van der Waals surface area contributed by atoms with Gasteiger partial charge in [-0.15, -0.1) is 0 Å². The summed E-state index contributed by atoms with van der Waals surface area (Å²) < 4.78 is 0. The summed E-state index contributed by atoms with van der Waals surface area (Å²) in [5.74, 6) is -0.0182. The van der Waals surface area contributed by atoms with Crippen LogP contribution in [-0.2, 0) is 11.3 Å². The summed E-state index contributed by atoms with van der Waals surface area (Å²) >= 11 is 0. The fourth-order valence-corrected chi connectivity index (χ4v) is 2.20. The van der Waals surface area contributed by atoms with Crippen LogP contribution in [0.4, 0.5) is 0 Å². The number of hydrogen-bond acceptors (Lipinski definition) is 2. The van der Waals surface area contributed by atoms with Gasteiger partial charge in [-0.1, -0.05) is 18.2 Å². The Morgan fingerprint density at radius 3 is 2.61 bits per heavy atom. The predicted octanol–water partition coefficient (Wildman–Crippen LogP) is 2.60. The lowest BCUT2D eigenvalue weighted by molar-refractivity contribution is -0.138. The molecule has 2 rings (SSSR count). The topological polar surface area (TPSA) is 40.5 Å². The quantitative estimate of drug-likeness (QED) is 0.840. The molecule has 0 spiro atoms. The SMILES string of the molecule is Cc1ccc(CN(CC(=O)O)CC2CC2)cc1C. The van der Waals surface area contributed by atoms with Crippen molar-refractivity contribution in [1.82, 2.24) is 4.90 Å². The molecule has 0 amide bonds. The van der Waals surface area contributed by atoms with Crippen molar-refractivity contribution in [2.24, 2.45) is 5.92 Å². The van der Waals surface area contributed by atoms with E-state index in [1.807, 2.05) is 4.90 Å². The van der Waals surface area contributed by atoms with Gasteiger partial charge in [-0.25, -0.2) is 0 Å². The van der Waals surface area contributed by atoms with Crippen molar-refractivity contribution in [2.45, 2.75) is 33.2 Å². The summed E-state index contributed by atoms with van der Waals surface area (Å²) in [6, 6.07) is 6.38. The molecule has 0 heterocycles. The van der Waals surface area contributed by atoms with E-state index in [1.54, 1.807) is 0 Å². The minimum absolute atomic E-state index is 0.142. The molecule has 0 radical (unpaired) electrons. The molecule has 1 aliphatic rings. The molecule has 3 heteroatoms. The molecular weight excluding hydrogens is 226 g/mol. The Labute approximate surface area is 108 Å². The molecule has 1 N–H and O–H groups in total. The van der Waals surface area contributed by atoms with Gasteiger partial charge in [-0.3, -0.25) is 9.69 Å². The lowest BCUT2D eigenvalue weighted by atomic mass is 10.1. The zero-order chi connectivity index (χ0) is 13.1. The standard InChI is InChI=1S/C15H21NO2/c1-11-3-4-14(7-12(11)2)9-16(10-15(17)18)8-13-5-6-13/h3-4,7,13H,5-6,8-10H2,1-2H3,(H,17,18). The Balaban J connectivity index is 2.01. The maximum Gasteiger partial charge on any atom is 0.317 e. The second-order valence-electron chi connectivity index (χ2n) is 5.43. The third-order valence-electron chi connectivity index (χ3n) is 3.55. The normalized spacial score (nSPS) is 15.1. The number of benzene rings is 1. The summed E-state index contributed by atoms with van der Waals surface area (Å²) in [6.07, 6.45) is 2.51. The van der Waals surface area contributed by atoms with Crippen LogP contribution in [0.3, 0.4) is 0 Å². The average Bonchev–Trinajstić information content (AvgIpc) is 3.06. The molecule has 3 nitrogen and oxygen atoms in total. The van der Waals surface area contributed by atoms with Crippen molar-refractivity contribution in [3.8, 4) is 0 Å². The van der Waals surface area contributed by atoms with Crippen LogP contribution in [0.15, 0.2) is 18.2 Å². The van der Waals surface area contributed by atoms with E-state index < -0.39 is 5.97 Å². The molecule has 98 valence electrons. The van der Waals surface area contributed by atoms with Crippen LogP contribution in [0, 0.1) is 19.8 Å². The molecule has 0 saturated heterocycles. The number of rotatable bonds is 6. The number of aryl methyl sites for hydroxylation is 2. The lowest BCUT2D eigenvalue weighted by Crippen LogP contribution is -2.31. The number of carboxylic acids is 1. The Morgan fingerprint density at radius 2 is 2.06 bits per heavy atom. The second-order valence-corrected chi connectivity index (χ2v) is 5.43. The van der Waals surface area contributed by atoms with Crippen LogP contribution in [-0.4, -0.2) is 29.1 Å². The fraction of sp³-hybridized carbons (Fsp3) is 0.533. The lowest BCUT2D eigenvalue weighted by Gasteiger charge is -2.20. The average molecular weight is 247 g/mol. The van der Waals surface area contributed by atoms with Gasteiger partial charge in [0.05, 0.1) is 6.54 Å². The first kappa shape index (κ1) is 13.1. The highest BCUT2D eigenvalue weighted by molar-refractivity contribution is 5.69. The van der Waals surface area contributed by atoms with Crippen LogP contribution >= 0.6 is 0 Å². The largest absolute Gasteiger partial charge is 0.480 e. The molecule has 1 saturated carbocycles. The second kappa shape index (κ2) is 5.53. The van der Waals surface area contributed by atoms with E-state index in [4.69, 9.17) is 5.11 Å². The van der Waals surface area contributed by atoms with Crippen molar-refractivity contribution in [3.63, 3.8) is 0 Å². The molecule has 0 bridgehead atoms. The number of aliphatic carboxylic acids is 1. The van der Waals surface area contributed by atoms with E-state index in [-0.39, 0.29) is 6.54 Å². The van der Waals surface area contributed by atoms with Crippen LogP contribution in [0.2, 0.25) is 0 Å². The van der Waals surface area contributed by atoms with E-state index in [9.17, 15) is 4.79 Å². The van der Waals surface area contributed by atoms with Gasteiger partial charge in [0.25, 0.3) is 0 Å². The third-order valence-corrected chi connectivity index (χ3v) is 3.55. The first-order valence-corrected chi connectivity index (χ1v) is 6.55. The highest BCUT2D eigenvalue weighted by Crippen LogP contribution is 2.30. The molecule has 1 aliphatic carbocycles. The van der Waals surface area contributed by atoms with Gasteiger partial charge < -0.3 is 5.11 Å². The number of hydrogen-bond donors (Lipinski definition) is 1. The van der Waals surface area contributed by atoms with E-state index in [2.05, 4.69) is 32.0 Å². The van der Waals surface area contributed by atoms with Crippen LogP contribution in [0.1, 0.15) is 29.5 Å². The van der Waals surface area contributed by atoms with Gasteiger partial charge in [-0.05, 0) is 49.3 Å². The molecule has 0 aromatic heterocycles. The Morgan fingerprint density at radius 1 is 1.33 bits per heavy atom. The van der Waals surface area contributed by atoms with Gasteiger partial charge in [-0.2, -0.15) is 0 Å². The van der Waals surface area contributed by atoms with Crippen molar-refractivity contribution < 1.29 is 9.90 Å². The molecular formula is C15H21NO2. The molecule has 0 atom stereocenters. The van der Waals surface area contributed by atoms with E-state index in [1.165, 1.54) is 29.5 Å². The first-order chi connectivity index (χ1) is 8.54. The van der Waals surface area contributed by atoms with Gasteiger partial charge in [0.1, 0.15) is 0 Å². The number of nitrogens with zero attached hydrogens (tertiary/aromatic N) is 1. The van der Waals surface area contributed by atoms with Gasteiger partial charge in [0, 0.05) is 13.1 Å². The van der Waals surface area contributed by atoms with E-state index >= 15 is 0 Å². The van der Waals surface area contributed by atoms with Crippen molar-refractivity contribution in [1.29, 1.82) is 0 Å². The molecule has 1 aromatic rings. The summed E-state index contributed by atoms with van der Waals surface area (Å²) in [4.78, 5) is 12.9. The Hall–Kier alpha value is -1.35. The molecule has 1 fully saturated rings. The first-order valence-electron chi connectivity index (χ1n) is 6.55. The maximum absolute atomic E-state index is 10.9. The van der Waals surface area contributed by atoms with Crippen molar-refractivity contribution >= 4 is 5.97 Å². The molecule has 18 heavy (non-hydrogen) atoms. The Kier molecular flexibility index (Phi) is 4.02. The zero-order valence-corrected chi connectivity index (χ0v) is 11.1. The molecule has 1 aromatic carbocycles. The Bertz CT molecular complexity index is 438. The summed E-state index contributed by atoms with van der Waals surface area (Å²) in [6.45, 7) is 5.99. The van der Waals surface area contributed by atoms with Crippen molar-refractivity contribution in [2.75, 3.05) is 13.1 Å². The van der Waals surface area contributed by atoms with Crippen LogP contribution in [0.5, 0.6) is 0 Å². The van der Waals surface area contributed by atoms with Crippen LogP contribution in [0.25, 0.3) is 0 Å². The minimum atomic E-state index is -0.737. The summed E-state index contributed by atoms with van der Waals surface area (Å²) in [5.41, 5.74) is 3.76. The monoisotopic (exact) mass is 247 g/mol. The molecule has 0 aliphatic heterocycles. The zero-order valence-electron chi connectivity index (χ0n) is 11.1. The predicted molar refractivity (Wildman–Crippen MR) is 71.6 cm³/mol. The fourth-order valence-electron chi connectivity index (χ4n) is 2.20. The van der Waals surface area contributed by atoms with E-state index in [0.29, 0.717) is 0 Å². The molecule has 0 unspecified atom stereocenters. The van der Waals surface area contributed by atoms with E-state index in [0.717, 1.165) is 19.0 Å². The summed E-state index contributed by atoms with van der Waals surface area (Å²) in [7, 11) is 0. The number of carboxylic acid groups (broad SMARTS) is 1. The van der Waals surface area contributed by atoms with Gasteiger partial charge in [0.15, 0.2) is 0 Å². The maximum atomic E-state index is 10.9. The van der Waals surface area contributed by atoms with Crippen molar-refractivity contribution in [3.05, 3.63) is 34.9 Å². The highest BCUT2D eigenvalue weighted by atomic mass is 16.4. The highest BCUT2D eigenvalue weighted by Gasteiger charge is 2.25. The van der Waals surface area contributed by atoms with Crippen LogP contribution < -0.4 is 0 Å². The summed E-state index contributed by atoms with van der Waals surface area (Å²) in [5, 5.41) is 8.95. The minimum Gasteiger partial charge on any atom is -0.480 e.